The van der Waals surface area contributed by atoms with E-state index >= 15 is 0 Å². The van der Waals surface area contributed by atoms with E-state index in [1.807, 2.05) is 60.7 Å². The van der Waals surface area contributed by atoms with Crippen LogP contribution in [0.1, 0.15) is 41.2 Å². The maximum Gasteiger partial charge on any atom is 0.412 e. The van der Waals surface area contributed by atoms with Gasteiger partial charge in [0, 0.05) is 5.56 Å². The molecule has 0 radical (unpaired) electrons. The van der Waals surface area contributed by atoms with Crippen LogP contribution in [-0.2, 0) is 16.0 Å². The third-order valence-corrected chi connectivity index (χ3v) is 5.22. The third-order valence-electron chi connectivity index (χ3n) is 5.22. The molecule has 0 saturated heterocycles. The molecule has 0 spiro atoms. The van der Waals surface area contributed by atoms with Crippen LogP contribution in [0.25, 0.3) is 10.8 Å². The van der Waals surface area contributed by atoms with Crippen LogP contribution in [0.5, 0.6) is 0 Å². The van der Waals surface area contributed by atoms with Gasteiger partial charge >= 0.3 is 12.1 Å². The molecule has 0 aliphatic carbocycles. The fraction of sp³-hybridized carbons (Fsp3) is 0.148. The summed E-state index contributed by atoms with van der Waals surface area (Å²) in [5.74, 6) is 5.29. The minimum absolute atomic E-state index is 0.0231. The highest BCUT2D eigenvalue weighted by Gasteiger charge is 2.17. The fourth-order valence-electron chi connectivity index (χ4n) is 3.47. The first-order valence-electron chi connectivity index (χ1n) is 10.6. The highest BCUT2D eigenvalue weighted by molar-refractivity contribution is 5.87. The van der Waals surface area contributed by atoms with Crippen LogP contribution in [0, 0.1) is 18.8 Å². The van der Waals surface area contributed by atoms with Crippen molar-refractivity contribution in [2.24, 2.45) is 0 Å². The molecule has 0 unspecified atom stereocenters. The van der Waals surface area contributed by atoms with Crippen molar-refractivity contribution in [3.63, 3.8) is 0 Å². The van der Waals surface area contributed by atoms with E-state index in [2.05, 4.69) is 22.3 Å². The number of aliphatic carboxylic acids is 1. The standard InChI is InChI=1S/C27H22N2O5/c1-17-26(28-27(32)33-18(2)21-6-4-3-5-7-21)24(34-29-17)13-10-19-8-11-23-15-20(16-25(30)31)9-12-22(23)14-19/h3-9,11-12,14-15,18H,16H2,1-2H3,(H,28,32)(H,30,31)/t18-/m1/s1. The molecule has 7 nitrogen and oxygen atoms in total. The molecule has 0 fully saturated rings. The topological polar surface area (TPSA) is 102 Å². The lowest BCUT2D eigenvalue weighted by atomic mass is 10.0. The van der Waals surface area contributed by atoms with Crippen molar-refractivity contribution < 1.29 is 24.0 Å². The van der Waals surface area contributed by atoms with E-state index < -0.39 is 18.2 Å². The minimum Gasteiger partial charge on any atom is -0.481 e. The van der Waals surface area contributed by atoms with Gasteiger partial charge in [-0.15, -0.1) is 0 Å². The number of hydrogen-bond acceptors (Lipinski definition) is 5. The quantitative estimate of drug-likeness (QED) is 0.388. The van der Waals surface area contributed by atoms with Crippen LogP contribution in [0.3, 0.4) is 0 Å². The molecule has 170 valence electrons. The number of nitrogens with one attached hydrogen (secondary N) is 1. The van der Waals surface area contributed by atoms with E-state index in [1.165, 1.54) is 0 Å². The molecule has 1 atom stereocenters. The van der Waals surface area contributed by atoms with Crippen molar-refractivity contribution in [1.82, 2.24) is 5.16 Å². The summed E-state index contributed by atoms with van der Waals surface area (Å²) < 4.78 is 10.8. The first kappa shape index (κ1) is 22.6. The summed E-state index contributed by atoms with van der Waals surface area (Å²) in [7, 11) is 0. The van der Waals surface area contributed by atoms with Gasteiger partial charge in [0.05, 0.1) is 6.42 Å². The Morgan fingerprint density at radius 1 is 1.06 bits per heavy atom. The zero-order valence-corrected chi connectivity index (χ0v) is 18.7. The van der Waals surface area contributed by atoms with Gasteiger partial charge in [-0.05, 0) is 53.8 Å². The predicted octanol–water partition coefficient (Wildman–Crippen LogP) is 5.47. The lowest BCUT2D eigenvalue weighted by Crippen LogP contribution is -2.16. The first-order chi connectivity index (χ1) is 16.4. The van der Waals surface area contributed by atoms with Crippen molar-refractivity contribution in [1.29, 1.82) is 0 Å². The number of fused-ring (bicyclic) bond motifs is 1. The molecule has 0 aliphatic rings. The molecule has 4 aromatic rings. The number of aromatic nitrogens is 1. The Bertz CT molecular complexity index is 1410. The van der Waals surface area contributed by atoms with Crippen molar-refractivity contribution in [2.45, 2.75) is 26.4 Å². The highest BCUT2D eigenvalue weighted by Crippen LogP contribution is 2.23. The molecule has 7 heteroatoms. The number of carbonyl (C=O) groups excluding carboxylic acids is 1. The smallest absolute Gasteiger partial charge is 0.412 e. The summed E-state index contributed by atoms with van der Waals surface area (Å²) in [6.07, 6.45) is -1.08. The normalized spacial score (nSPS) is 11.4. The van der Waals surface area contributed by atoms with E-state index in [-0.39, 0.29) is 12.2 Å². The number of carbonyl (C=O) groups is 2. The summed E-state index contributed by atoms with van der Waals surface area (Å²) in [4.78, 5) is 23.4. The lowest BCUT2D eigenvalue weighted by molar-refractivity contribution is -0.136. The molecule has 0 saturated carbocycles. The van der Waals surface area contributed by atoms with E-state index in [0.717, 1.165) is 27.5 Å². The van der Waals surface area contributed by atoms with E-state index in [4.69, 9.17) is 14.4 Å². The Labute approximate surface area is 196 Å². The lowest BCUT2D eigenvalue weighted by Gasteiger charge is -2.13. The highest BCUT2D eigenvalue weighted by atomic mass is 16.6. The number of ether oxygens (including phenoxy) is 1. The van der Waals surface area contributed by atoms with Crippen molar-refractivity contribution in [3.05, 3.63) is 94.9 Å². The number of amides is 1. The molecule has 1 heterocycles. The second-order valence-electron chi connectivity index (χ2n) is 7.77. The van der Waals surface area contributed by atoms with Gasteiger partial charge < -0.3 is 14.4 Å². The number of rotatable bonds is 5. The molecule has 4 rings (SSSR count). The van der Waals surface area contributed by atoms with E-state index in [9.17, 15) is 9.59 Å². The molecular formula is C27H22N2O5. The number of carboxylic acid groups (broad SMARTS) is 1. The minimum atomic E-state index is -0.869. The summed E-state index contributed by atoms with van der Waals surface area (Å²) in [6.45, 7) is 3.50. The van der Waals surface area contributed by atoms with Gasteiger partial charge in [-0.2, -0.15) is 0 Å². The van der Waals surface area contributed by atoms with Crippen LogP contribution < -0.4 is 5.32 Å². The van der Waals surface area contributed by atoms with Crippen LogP contribution in [0.4, 0.5) is 10.5 Å². The summed E-state index contributed by atoms with van der Waals surface area (Å²) in [6, 6.07) is 20.6. The number of hydrogen-bond donors (Lipinski definition) is 2. The van der Waals surface area contributed by atoms with Crippen molar-refractivity contribution in [3.8, 4) is 11.8 Å². The largest absolute Gasteiger partial charge is 0.481 e. The maximum absolute atomic E-state index is 12.4. The van der Waals surface area contributed by atoms with Crippen LogP contribution >= 0.6 is 0 Å². The molecule has 3 aromatic carbocycles. The Kier molecular flexibility index (Phi) is 6.60. The van der Waals surface area contributed by atoms with Crippen LogP contribution in [-0.4, -0.2) is 22.3 Å². The predicted molar refractivity (Wildman–Crippen MR) is 127 cm³/mol. The van der Waals surface area contributed by atoms with Crippen LogP contribution in [0.2, 0.25) is 0 Å². The molecular weight excluding hydrogens is 432 g/mol. The molecule has 0 bridgehead atoms. The first-order valence-corrected chi connectivity index (χ1v) is 10.6. The van der Waals surface area contributed by atoms with E-state index in [1.54, 1.807) is 19.9 Å². The summed E-state index contributed by atoms with van der Waals surface area (Å²) >= 11 is 0. The fourth-order valence-corrected chi connectivity index (χ4v) is 3.47. The molecule has 1 aromatic heterocycles. The van der Waals surface area contributed by atoms with Crippen LogP contribution in [0.15, 0.2) is 71.3 Å². The van der Waals surface area contributed by atoms with Gasteiger partial charge in [0.2, 0.25) is 5.76 Å². The Hall–Kier alpha value is -4.57. The Balaban J connectivity index is 1.49. The van der Waals surface area contributed by atoms with Crippen molar-refractivity contribution in [2.75, 3.05) is 5.32 Å². The maximum atomic E-state index is 12.4. The SMILES string of the molecule is Cc1noc(C#Cc2ccc3cc(CC(=O)O)ccc3c2)c1NC(=O)O[C@H](C)c1ccccc1. The number of anilines is 1. The average molecular weight is 454 g/mol. The average Bonchev–Trinajstić information content (AvgIpc) is 3.16. The van der Waals surface area contributed by atoms with Gasteiger partial charge in [-0.1, -0.05) is 65.7 Å². The second-order valence-corrected chi connectivity index (χ2v) is 7.77. The summed E-state index contributed by atoms with van der Waals surface area (Å²) in [5.41, 5.74) is 3.19. The number of aryl methyl sites for hydroxylation is 1. The molecule has 0 aliphatic heterocycles. The summed E-state index contributed by atoms with van der Waals surface area (Å²) in [5, 5.41) is 17.4. The molecule has 2 N–H and O–H groups in total. The molecule has 34 heavy (non-hydrogen) atoms. The van der Waals surface area contributed by atoms with Gasteiger partial charge in [-0.3, -0.25) is 10.1 Å². The molecule has 1 amide bonds. The monoisotopic (exact) mass is 454 g/mol. The Morgan fingerprint density at radius 3 is 2.56 bits per heavy atom. The third kappa shape index (κ3) is 5.43. The number of carboxylic acids is 1. The van der Waals surface area contributed by atoms with Gasteiger partial charge in [0.25, 0.3) is 0 Å². The van der Waals surface area contributed by atoms with Crippen molar-refractivity contribution >= 4 is 28.5 Å². The number of benzene rings is 3. The van der Waals surface area contributed by atoms with Gasteiger partial charge in [0.15, 0.2) is 0 Å². The van der Waals surface area contributed by atoms with Gasteiger partial charge in [0.1, 0.15) is 17.5 Å². The Morgan fingerprint density at radius 2 is 1.79 bits per heavy atom. The van der Waals surface area contributed by atoms with Gasteiger partial charge in [-0.25, -0.2) is 4.79 Å². The number of nitrogens with zero attached hydrogens (tertiary/aromatic N) is 1. The van der Waals surface area contributed by atoms with E-state index in [0.29, 0.717) is 11.4 Å². The zero-order chi connectivity index (χ0) is 24.1. The second kappa shape index (κ2) is 9.92. The zero-order valence-electron chi connectivity index (χ0n) is 18.7.